The molecule has 24 heavy (non-hydrogen) atoms. The predicted molar refractivity (Wildman–Crippen MR) is 112 cm³/mol. The van der Waals surface area contributed by atoms with Crippen molar-refractivity contribution in [3.05, 3.63) is 36.7 Å². The molecule has 2 aromatic rings. The molecule has 2 atom stereocenters. The van der Waals surface area contributed by atoms with E-state index in [0.29, 0.717) is 0 Å². The zero-order valence-electron chi connectivity index (χ0n) is 12.3. The Labute approximate surface area is 168 Å². The molecule has 0 amide bonds. The van der Waals surface area contributed by atoms with Crippen LogP contribution in [0.25, 0.3) is 0 Å². The Morgan fingerprint density at radius 2 is 1.25 bits per heavy atom. The Hall–Kier alpha value is 0.320. The Kier molecular flexibility index (Phi) is 9.56. The third-order valence-corrected chi connectivity index (χ3v) is 7.98. The fourth-order valence-electron chi connectivity index (χ4n) is 1.50. The van der Waals surface area contributed by atoms with Gasteiger partial charge in [-0.3, -0.25) is 0 Å². The van der Waals surface area contributed by atoms with Crippen LogP contribution in [0.3, 0.4) is 0 Å². The van der Waals surface area contributed by atoms with E-state index < -0.39 is 0 Å². The SMILES string of the molecule is OCC(S)Sc1cccnc1SSc1ncccc1SC(S)CO. The molecular formula is C14H16N2O2S6. The van der Waals surface area contributed by atoms with Gasteiger partial charge in [0.25, 0.3) is 0 Å². The van der Waals surface area contributed by atoms with E-state index in [1.807, 2.05) is 24.3 Å². The maximum atomic E-state index is 9.17. The van der Waals surface area contributed by atoms with Crippen LogP contribution < -0.4 is 0 Å². The molecular weight excluding hydrogens is 421 g/mol. The molecule has 2 aromatic heterocycles. The highest BCUT2D eigenvalue weighted by molar-refractivity contribution is 8.76. The van der Waals surface area contributed by atoms with Crippen LogP contribution in [-0.2, 0) is 0 Å². The van der Waals surface area contributed by atoms with Gasteiger partial charge in [-0.2, -0.15) is 25.3 Å². The predicted octanol–water partition coefficient (Wildman–Crippen LogP) is 3.96. The van der Waals surface area contributed by atoms with E-state index >= 15 is 0 Å². The van der Waals surface area contributed by atoms with Gasteiger partial charge in [-0.25, -0.2) is 9.97 Å². The molecule has 0 saturated heterocycles. The van der Waals surface area contributed by atoms with Gasteiger partial charge >= 0.3 is 0 Å². The normalized spacial score (nSPS) is 13.7. The summed E-state index contributed by atoms with van der Waals surface area (Å²) in [5, 5.41) is 20.0. The lowest BCUT2D eigenvalue weighted by atomic mass is 10.5. The second-order valence-corrected chi connectivity index (χ2v) is 10.8. The Morgan fingerprint density at radius 3 is 1.62 bits per heavy atom. The van der Waals surface area contributed by atoms with Crippen LogP contribution in [-0.4, -0.2) is 42.6 Å². The van der Waals surface area contributed by atoms with Crippen molar-refractivity contribution in [2.45, 2.75) is 29.0 Å². The first-order valence-corrected chi connectivity index (χ1v) is 11.7. The van der Waals surface area contributed by atoms with Gasteiger partial charge in [0, 0.05) is 22.2 Å². The van der Waals surface area contributed by atoms with Crippen LogP contribution >= 0.6 is 70.4 Å². The monoisotopic (exact) mass is 436 g/mol. The largest absolute Gasteiger partial charge is 0.394 e. The summed E-state index contributed by atoms with van der Waals surface area (Å²) in [5.41, 5.74) is 0. The maximum Gasteiger partial charge on any atom is 0.120 e. The second-order valence-electron chi connectivity index (χ2n) is 4.29. The fourth-order valence-corrected chi connectivity index (χ4v) is 6.33. The van der Waals surface area contributed by atoms with Crippen molar-refractivity contribution in [3.63, 3.8) is 0 Å². The van der Waals surface area contributed by atoms with Crippen molar-refractivity contribution in [1.29, 1.82) is 0 Å². The third kappa shape index (κ3) is 6.56. The van der Waals surface area contributed by atoms with Crippen molar-refractivity contribution in [2.75, 3.05) is 13.2 Å². The lowest BCUT2D eigenvalue weighted by Crippen LogP contribution is -1.99. The minimum atomic E-state index is -0.186. The van der Waals surface area contributed by atoms with Crippen molar-refractivity contribution in [1.82, 2.24) is 9.97 Å². The molecule has 0 aliphatic heterocycles. The topological polar surface area (TPSA) is 66.2 Å². The van der Waals surface area contributed by atoms with Crippen molar-refractivity contribution >= 4 is 70.4 Å². The maximum absolute atomic E-state index is 9.17. The van der Waals surface area contributed by atoms with Gasteiger partial charge in [0.05, 0.1) is 22.4 Å². The molecule has 0 aromatic carbocycles. The minimum absolute atomic E-state index is 0.00849. The molecule has 0 saturated carbocycles. The van der Waals surface area contributed by atoms with Gasteiger partial charge < -0.3 is 10.2 Å². The lowest BCUT2D eigenvalue weighted by molar-refractivity contribution is 0.316. The smallest absolute Gasteiger partial charge is 0.120 e. The summed E-state index contributed by atoms with van der Waals surface area (Å²) in [4.78, 5) is 10.7. The van der Waals surface area contributed by atoms with Gasteiger partial charge in [0.1, 0.15) is 10.1 Å². The van der Waals surface area contributed by atoms with E-state index in [2.05, 4.69) is 35.2 Å². The van der Waals surface area contributed by atoms with Crippen LogP contribution in [0.4, 0.5) is 0 Å². The highest BCUT2D eigenvalue weighted by atomic mass is 33.1. The molecule has 2 unspecified atom stereocenters. The van der Waals surface area contributed by atoms with Crippen LogP contribution in [0.1, 0.15) is 0 Å². The fraction of sp³-hybridized carbons (Fsp3) is 0.286. The zero-order valence-corrected chi connectivity index (χ0v) is 17.4. The van der Waals surface area contributed by atoms with E-state index in [0.717, 1.165) is 19.8 Å². The van der Waals surface area contributed by atoms with Gasteiger partial charge in [-0.05, 0) is 45.9 Å². The highest BCUT2D eigenvalue weighted by Crippen LogP contribution is 2.44. The minimum Gasteiger partial charge on any atom is -0.394 e. The van der Waals surface area contributed by atoms with Crippen LogP contribution in [0.5, 0.6) is 0 Å². The number of thioether (sulfide) groups is 2. The standard InChI is InChI=1S/C14H16N2O2S6/c17-7-11(19)21-9-3-1-5-15-13(9)23-24-14-10(4-2-6-16-14)22-12(20)8-18/h1-6,11-12,17-20H,7-8H2. The average Bonchev–Trinajstić information content (AvgIpc) is 2.61. The quantitative estimate of drug-likeness (QED) is 0.204. The molecule has 130 valence electrons. The number of aliphatic hydroxyl groups is 2. The van der Waals surface area contributed by atoms with Crippen LogP contribution in [0.2, 0.25) is 0 Å². The zero-order chi connectivity index (χ0) is 17.4. The molecule has 0 bridgehead atoms. The van der Waals surface area contributed by atoms with Crippen molar-refractivity contribution in [3.8, 4) is 0 Å². The van der Waals surface area contributed by atoms with E-state index in [1.165, 1.54) is 45.1 Å². The summed E-state index contributed by atoms with van der Waals surface area (Å²) in [6.07, 6.45) is 3.48. The van der Waals surface area contributed by atoms with Gasteiger partial charge in [-0.15, -0.1) is 23.5 Å². The molecule has 2 N–H and O–H groups in total. The first-order valence-electron chi connectivity index (χ1n) is 6.79. The number of hydrogen-bond donors (Lipinski definition) is 4. The molecule has 0 aliphatic carbocycles. The number of nitrogens with zero attached hydrogens (tertiary/aromatic N) is 2. The number of hydrogen-bond acceptors (Lipinski definition) is 10. The van der Waals surface area contributed by atoms with Crippen molar-refractivity contribution in [2.24, 2.45) is 0 Å². The molecule has 0 fully saturated rings. The van der Waals surface area contributed by atoms with Crippen LogP contribution in [0, 0.1) is 0 Å². The summed E-state index contributed by atoms with van der Waals surface area (Å²) in [5.74, 6) is 0. The number of rotatable bonds is 9. The van der Waals surface area contributed by atoms with Crippen molar-refractivity contribution < 1.29 is 10.2 Å². The Bertz CT molecular complexity index is 593. The highest BCUT2D eigenvalue weighted by Gasteiger charge is 2.14. The molecule has 2 heterocycles. The van der Waals surface area contributed by atoms with Gasteiger partial charge in [0.2, 0.25) is 0 Å². The molecule has 10 heteroatoms. The molecule has 0 radical (unpaired) electrons. The van der Waals surface area contributed by atoms with Gasteiger partial charge in [0.15, 0.2) is 0 Å². The van der Waals surface area contributed by atoms with E-state index in [4.69, 9.17) is 10.2 Å². The second kappa shape index (κ2) is 11.1. The summed E-state index contributed by atoms with van der Waals surface area (Å²) in [6.45, 7) is -0.0170. The molecule has 2 rings (SSSR count). The van der Waals surface area contributed by atoms with E-state index in [1.54, 1.807) is 12.4 Å². The van der Waals surface area contributed by atoms with Gasteiger partial charge in [-0.1, -0.05) is 0 Å². The first-order chi connectivity index (χ1) is 11.6. The van der Waals surface area contributed by atoms with Crippen LogP contribution in [0.15, 0.2) is 56.5 Å². The molecule has 0 spiro atoms. The number of pyridine rings is 2. The number of aliphatic hydroxyl groups excluding tert-OH is 2. The first kappa shape index (κ1) is 20.6. The Balaban J connectivity index is 2.09. The van der Waals surface area contributed by atoms with E-state index in [-0.39, 0.29) is 22.4 Å². The summed E-state index contributed by atoms with van der Waals surface area (Å²) < 4.78 is -0.372. The number of thiol groups is 2. The molecule has 4 nitrogen and oxygen atoms in total. The summed E-state index contributed by atoms with van der Waals surface area (Å²) in [6, 6.07) is 7.65. The summed E-state index contributed by atoms with van der Waals surface area (Å²) in [7, 11) is 3.01. The number of aromatic nitrogens is 2. The lowest BCUT2D eigenvalue weighted by Gasteiger charge is -2.12. The Morgan fingerprint density at radius 1 is 0.833 bits per heavy atom. The van der Waals surface area contributed by atoms with E-state index in [9.17, 15) is 0 Å². The molecule has 0 aliphatic rings. The third-order valence-electron chi connectivity index (χ3n) is 2.51. The summed E-state index contributed by atoms with van der Waals surface area (Å²) >= 11 is 11.6. The average molecular weight is 437 g/mol.